The van der Waals surface area contributed by atoms with Gasteiger partial charge in [-0.15, -0.1) is 0 Å². The molecule has 0 atom stereocenters. The number of carbonyl (C=O) groups is 3. The maximum absolute atomic E-state index is 12.9. The quantitative estimate of drug-likeness (QED) is 0.708. The van der Waals surface area contributed by atoms with Crippen LogP contribution in [-0.2, 0) is 14.4 Å². The van der Waals surface area contributed by atoms with Gasteiger partial charge in [0, 0.05) is 44.8 Å². The summed E-state index contributed by atoms with van der Waals surface area (Å²) in [5, 5.41) is 2.94. The highest BCUT2D eigenvalue weighted by Gasteiger charge is 2.24. The van der Waals surface area contributed by atoms with Gasteiger partial charge in [-0.25, -0.2) is 4.39 Å². The molecule has 164 valence electrons. The van der Waals surface area contributed by atoms with Gasteiger partial charge in [0.15, 0.2) is 0 Å². The lowest BCUT2D eigenvalue weighted by molar-refractivity contribution is -0.138. The van der Waals surface area contributed by atoms with Crippen LogP contribution < -0.4 is 5.32 Å². The molecular weight excluding hydrogens is 387 g/mol. The number of nitrogens with zero attached hydrogens (tertiary/aromatic N) is 3. The molecule has 0 unspecified atom stereocenters. The number of amides is 3. The minimum atomic E-state index is -0.337. The van der Waals surface area contributed by atoms with Crippen LogP contribution in [0.3, 0.4) is 0 Å². The minimum Gasteiger partial charge on any atom is -0.350 e. The summed E-state index contributed by atoms with van der Waals surface area (Å²) in [5.41, 5.74) is 0.438. The van der Waals surface area contributed by atoms with Crippen LogP contribution in [0.4, 0.5) is 4.39 Å². The molecule has 8 heteroatoms. The van der Waals surface area contributed by atoms with Gasteiger partial charge in [-0.1, -0.05) is 12.1 Å². The topological polar surface area (TPSA) is 73.0 Å². The molecule has 0 aromatic heterocycles. The van der Waals surface area contributed by atoms with Crippen molar-refractivity contribution in [3.05, 3.63) is 41.7 Å². The molecule has 1 aromatic carbocycles. The number of likely N-dealkylation sites (N-methyl/N-ethyl adjacent to an activating group) is 1. The molecule has 0 spiro atoms. The van der Waals surface area contributed by atoms with Crippen molar-refractivity contribution < 1.29 is 18.8 Å². The molecule has 1 aromatic rings. The molecule has 1 N–H and O–H groups in total. The van der Waals surface area contributed by atoms with Crippen LogP contribution in [0.1, 0.15) is 26.3 Å². The number of hydrogen-bond donors (Lipinski definition) is 1. The lowest BCUT2D eigenvalue weighted by Gasteiger charge is -2.35. The summed E-state index contributed by atoms with van der Waals surface area (Å²) in [6, 6.07) is 5.80. The van der Waals surface area contributed by atoms with Gasteiger partial charge in [-0.3, -0.25) is 19.3 Å². The second-order valence-electron chi connectivity index (χ2n) is 8.53. The van der Waals surface area contributed by atoms with E-state index < -0.39 is 0 Å². The van der Waals surface area contributed by atoms with E-state index in [1.165, 1.54) is 23.1 Å². The number of piperazine rings is 1. The smallest absolute Gasteiger partial charge is 0.246 e. The maximum atomic E-state index is 12.9. The van der Waals surface area contributed by atoms with Crippen LogP contribution in [0, 0.1) is 5.82 Å². The lowest BCUT2D eigenvalue weighted by Crippen LogP contribution is -2.54. The third-order valence-electron chi connectivity index (χ3n) is 4.64. The van der Waals surface area contributed by atoms with Crippen LogP contribution in [-0.4, -0.2) is 84.3 Å². The van der Waals surface area contributed by atoms with E-state index in [2.05, 4.69) is 5.32 Å². The van der Waals surface area contributed by atoms with Gasteiger partial charge in [-0.2, -0.15) is 0 Å². The molecule has 1 aliphatic rings. The number of benzene rings is 1. The fraction of sp³-hybridized carbons (Fsp3) is 0.500. The molecule has 1 aliphatic heterocycles. The van der Waals surface area contributed by atoms with E-state index in [-0.39, 0.29) is 35.6 Å². The zero-order chi connectivity index (χ0) is 22.3. The monoisotopic (exact) mass is 418 g/mol. The zero-order valence-corrected chi connectivity index (χ0v) is 18.2. The summed E-state index contributed by atoms with van der Waals surface area (Å²) in [4.78, 5) is 41.9. The number of hydrogen-bond acceptors (Lipinski definition) is 4. The molecule has 30 heavy (non-hydrogen) atoms. The molecule has 0 saturated carbocycles. The zero-order valence-electron chi connectivity index (χ0n) is 18.2. The Morgan fingerprint density at radius 2 is 1.70 bits per heavy atom. The average Bonchev–Trinajstić information content (AvgIpc) is 2.66. The first kappa shape index (κ1) is 23.5. The van der Waals surface area contributed by atoms with E-state index in [0.717, 1.165) is 0 Å². The standard InChI is InChI=1S/C22H31FN4O3/c1-22(2,3)24-19(28)15-26-11-13-27(14-12-26)21(30)16-25(4)20(29)10-7-17-5-8-18(23)9-6-17/h5-10H,11-16H2,1-4H3,(H,24,28)/b10-7+. The van der Waals surface area contributed by atoms with Crippen molar-refractivity contribution in [1.82, 2.24) is 20.0 Å². The summed E-state index contributed by atoms with van der Waals surface area (Å²) >= 11 is 0. The molecule has 3 amide bonds. The van der Waals surface area contributed by atoms with Crippen molar-refractivity contribution >= 4 is 23.8 Å². The second kappa shape index (κ2) is 10.3. The summed E-state index contributed by atoms with van der Waals surface area (Å²) in [6.07, 6.45) is 2.95. The minimum absolute atomic E-state index is 0.0168. The predicted molar refractivity (Wildman–Crippen MR) is 114 cm³/mol. The van der Waals surface area contributed by atoms with Crippen LogP contribution in [0.5, 0.6) is 0 Å². The normalized spacial score (nSPS) is 15.3. The van der Waals surface area contributed by atoms with Gasteiger partial charge in [0.05, 0.1) is 13.1 Å². The largest absolute Gasteiger partial charge is 0.350 e. The predicted octanol–water partition coefficient (Wildman–Crippen LogP) is 1.36. The van der Waals surface area contributed by atoms with Crippen molar-refractivity contribution in [2.24, 2.45) is 0 Å². The Kier molecular flexibility index (Phi) is 8.11. The molecule has 1 saturated heterocycles. The fourth-order valence-electron chi connectivity index (χ4n) is 3.07. The van der Waals surface area contributed by atoms with Gasteiger partial charge in [0.1, 0.15) is 5.82 Å². The Hall–Kier alpha value is -2.74. The Labute approximate surface area is 177 Å². The van der Waals surface area contributed by atoms with Crippen molar-refractivity contribution in [2.45, 2.75) is 26.3 Å². The van der Waals surface area contributed by atoms with E-state index in [4.69, 9.17) is 0 Å². The second-order valence-corrected chi connectivity index (χ2v) is 8.53. The van der Waals surface area contributed by atoms with Gasteiger partial charge < -0.3 is 15.1 Å². The van der Waals surface area contributed by atoms with Gasteiger partial charge >= 0.3 is 0 Å². The molecule has 7 nitrogen and oxygen atoms in total. The highest BCUT2D eigenvalue weighted by molar-refractivity contribution is 5.94. The molecular formula is C22H31FN4O3. The van der Waals surface area contributed by atoms with Crippen molar-refractivity contribution in [1.29, 1.82) is 0 Å². The molecule has 0 bridgehead atoms. The third-order valence-corrected chi connectivity index (χ3v) is 4.64. The van der Waals surface area contributed by atoms with Crippen molar-refractivity contribution in [3.63, 3.8) is 0 Å². The van der Waals surface area contributed by atoms with E-state index in [9.17, 15) is 18.8 Å². The number of carbonyl (C=O) groups excluding carboxylic acids is 3. The number of nitrogens with one attached hydrogen (secondary N) is 1. The average molecular weight is 419 g/mol. The van der Waals surface area contributed by atoms with Crippen LogP contribution in [0.25, 0.3) is 6.08 Å². The third kappa shape index (κ3) is 7.94. The van der Waals surface area contributed by atoms with E-state index in [1.807, 2.05) is 25.7 Å². The lowest BCUT2D eigenvalue weighted by atomic mass is 10.1. The van der Waals surface area contributed by atoms with Crippen LogP contribution in [0.2, 0.25) is 0 Å². The molecule has 0 aliphatic carbocycles. The highest BCUT2D eigenvalue weighted by Crippen LogP contribution is 2.07. The Balaban J connectivity index is 1.76. The van der Waals surface area contributed by atoms with E-state index in [0.29, 0.717) is 38.3 Å². The maximum Gasteiger partial charge on any atom is 0.246 e. The Bertz CT molecular complexity index is 779. The van der Waals surface area contributed by atoms with E-state index in [1.54, 1.807) is 30.2 Å². The fourth-order valence-corrected chi connectivity index (χ4v) is 3.07. The molecule has 1 fully saturated rings. The Morgan fingerprint density at radius 3 is 2.27 bits per heavy atom. The van der Waals surface area contributed by atoms with Crippen molar-refractivity contribution in [3.8, 4) is 0 Å². The summed E-state index contributed by atoms with van der Waals surface area (Å²) < 4.78 is 12.9. The first-order valence-electron chi connectivity index (χ1n) is 10.0. The number of halogens is 1. The summed E-state index contributed by atoms with van der Waals surface area (Å²) in [5.74, 6) is -0.790. The number of rotatable bonds is 6. The van der Waals surface area contributed by atoms with Gasteiger partial charge in [-0.05, 0) is 44.5 Å². The molecule has 1 heterocycles. The molecule has 0 radical (unpaired) electrons. The molecule has 2 rings (SSSR count). The highest BCUT2D eigenvalue weighted by atomic mass is 19.1. The first-order chi connectivity index (χ1) is 14.0. The van der Waals surface area contributed by atoms with Gasteiger partial charge in [0.2, 0.25) is 17.7 Å². The first-order valence-corrected chi connectivity index (χ1v) is 10.0. The van der Waals surface area contributed by atoms with Crippen LogP contribution >= 0.6 is 0 Å². The van der Waals surface area contributed by atoms with E-state index >= 15 is 0 Å². The SMILES string of the molecule is CN(CC(=O)N1CCN(CC(=O)NC(C)(C)C)CC1)C(=O)/C=C/c1ccc(F)cc1. The summed E-state index contributed by atoms with van der Waals surface area (Å²) in [7, 11) is 1.57. The van der Waals surface area contributed by atoms with Gasteiger partial charge in [0.25, 0.3) is 0 Å². The Morgan fingerprint density at radius 1 is 1.10 bits per heavy atom. The van der Waals surface area contributed by atoms with Crippen LogP contribution in [0.15, 0.2) is 30.3 Å². The van der Waals surface area contributed by atoms with Crippen molar-refractivity contribution in [2.75, 3.05) is 46.3 Å². The summed E-state index contributed by atoms with van der Waals surface area (Å²) in [6.45, 7) is 8.39.